The Balaban J connectivity index is 0.000000882. The molecule has 0 fully saturated rings. The maximum atomic E-state index is 13.5. The van der Waals surface area contributed by atoms with Crippen molar-refractivity contribution in [1.82, 2.24) is 4.90 Å². The van der Waals surface area contributed by atoms with E-state index in [2.05, 4.69) is 77.6 Å². The van der Waals surface area contributed by atoms with Gasteiger partial charge in [-0.15, -0.1) is 0 Å². The smallest absolute Gasteiger partial charge is 0.159 e. The van der Waals surface area contributed by atoms with Crippen molar-refractivity contribution in [1.29, 1.82) is 0 Å². The highest BCUT2D eigenvalue weighted by Gasteiger charge is 2.15. The zero-order chi connectivity index (χ0) is 27.0. The second kappa shape index (κ2) is 17.9. The minimum Gasteiger partial charge on any atom is -0.371 e. The fourth-order valence-corrected chi connectivity index (χ4v) is 3.48. The quantitative estimate of drug-likeness (QED) is 0.328. The van der Waals surface area contributed by atoms with Crippen LogP contribution in [0.4, 0.5) is 8.78 Å². The summed E-state index contributed by atoms with van der Waals surface area (Å²) < 4.78 is 26.7. The van der Waals surface area contributed by atoms with Crippen LogP contribution in [0.15, 0.2) is 42.1 Å². The highest BCUT2D eigenvalue weighted by molar-refractivity contribution is 5.54. The van der Waals surface area contributed by atoms with Crippen molar-refractivity contribution in [3.8, 4) is 0 Å². The lowest BCUT2D eigenvalue weighted by molar-refractivity contribution is -0.111. The number of aryl methyl sites for hydroxylation is 2. The Kier molecular flexibility index (Phi) is 16.6. The van der Waals surface area contributed by atoms with E-state index in [4.69, 9.17) is 0 Å². The summed E-state index contributed by atoms with van der Waals surface area (Å²) in [6, 6.07) is 10.5. The molecule has 0 bridgehead atoms. The molecule has 196 valence electrons. The van der Waals surface area contributed by atoms with Crippen molar-refractivity contribution in [3.63, 3.8) is 0 Å². The SMILES string of the molecule is CC/C(=C/c1ccc(C)c(C)c1)N(C)C(C)c1ccc(F)c(F)c1.CCC.CCCC(C=O)CC. The lowest BCUT2D eigenvalue weighted by atomic mass is 10.0. The zero-order valence-corrected chi connectivity index (χ0v) is 23.4. The van der Waals surface area contributed by atoms with Crippen LogP contribution >= 0.6 is 0 Å². The molecule has 35 heavy (non-hydrogen) atoms. The van der Waals surface area contributed by atoms with Gasteiger partial charge in [0.2, 0.25) is 0 Å². The standard InChI is InChI=1S/C21H25F2N.C7H14O.C3H8/c1-6-19(12-17-8-7-14(2)15(3)11-17)24(5)16(4)18-9-10-20(22)21(23)13-18;1-3-5-7(4-2)6-8;1-3-2/h7-13,16H,6H2,1-5H3;6-7H,3-5H2,1-2H3;3H2,1-2H3/b19-12-;;. The minimum atomic E-state index is -0.810. The zero-order valence-electron chi connectivity index (χ0n) is 23.4. The first kappa shape index (κ1) is 32.5. The molecule has 0 amide bonds. The molecule has 0 aromatic heterocycles. The van der Waals surface area contributed by atoms with Crippen LogP contribution in [0.25, 0.3) is 6.08 Å². The molecule has 0 saturated carbocycles. The monoisotopic (exact) mass is 487 g/mol. The molecule has 2 atom stereocenters. The van der Waals surface area contributed by atoms with Crippen molar-refractivity contribution in [3.05, 3.63) is 76.0 Å². The third-order valence-corrected chi connectivity index (χ3v) is 6.06. The van der Waals surface area contributed by atoms with E-state index < -0.39 is 11.6 Å². The summed E-state index contributed by atoms with van der Waals surface area (Å²) in [5.41, 5.74) is 5.59. The van der Waals surface area contributed by atoms with E-state index in [0.29, 0.717) is 5.92 Å². The Hall–Kier alpha value is -2.49. The summed E-state index contributed by atoms with van der Waals surface area (Å²) in [6.45, 7) is 16.7. The molecule has 2 rings (SSSR count). The van der Waals surface area contributed by atoms with Gasteiger partial charge in [0, 0.05) is 18.7 Å². The van der Waals surface area contributed by atoms with Gasteiger partial charge in [-0.05, 0) is 80.5 Å². The Labute approximate surface area is 213 Å². The normalized spacial score (nSPS) is 12.5. The molecule has 2 unspecified atom stereocenters. The Morgan fingerprint density at radius 3 is 2.00 bits per heavy atom. The number of rotatable bonds is 9. The average Bonchev–Trinajstić information content (AvgIpc) is 2.84. The number of allylic oxidation sites excluding steroid dienone is 1. The molecule has 2 aromatic rings. The summed E-state index contributed by atoms with van der Waals surface area (Å²) in [5.74, 6) is -1.29. The van der Waals surface area contributed by atoms with E-state index in [9.17, 15) is 13.6 Å². The van der Waals surface area contributed by atoms with Crippen molar-refractivity contribution in [2.75, 3.05) is 7.05 Å². The number of aldehydes is 1. The number of hydrogen-bond donors (Lipinski definition) is 0. The van der Waals surface area contributed by atoms with Crippen molar-refractivity contribution >= 4 is 12.4 Å². The van der Waals surface area contributed by atoms with Crippen molar-refractivity contribution in [2.45, 2.75) is 93.5 Å². The summed E-state index contributed by atoms with van der Waals surface area (Å²) in [5, 5.41) is 0. The first-order valence-electron chi connectivity index (χ1n) is 13.0. The fourth-order valence-electron chi connectivity index (χ4n) is 3.48. The second-order valence-corrected chi connectivity index (χ2v) is 9.09. The number of halogens is 2. The number of carbonyl (C=O) groups is 1. The van der Waals surface area contributed by atoms with Crippen LogP contribution in [0.5, 0.6) is 0 Å². The molecule has 0 aliphatic rings. The molecule has 0 heterocycles. The van der Waals surface area contributed by atoms with E-state index >= 15 is 0 Å². The molecule has 2 nitrogen and oxygen atoms in total. The number of hydrogen-bond acceptors (Lipinski definition) is 2. The Bertz CT molecular complexity index is 907. The van der Waals surface area contributed by atoms with Crippen LogP contribution in [-0.2, 0) is 4.79 Å². The van der Waals surface area contributed by atoms with Crippen LogP contribution in [-0.4, -0.2) is 18.2 Å². The van der Waals surface area contributed by atoms with Gasteiger partial charge in [0.05, 0.1) is 6.04 Å². The van der Waals surface area contributed by atoms with Crippen molar-refractivity contribution < 1.29 is 13.6 Å². The van der Waals surface area contributed by atoms with Gasteiger partial charge in [-0.2, -0.15) is 0 Å². The third kappa shape index (κ3) is 11.7. The summed E-state index contributed by atoms with van der Waals surface area (Å²) >= 11 is 0. The molecule has 0 aliphatic carbocycles. The first-order chi connectivity index (χ1) is 16.6. The van der Waals surface area contributed by atoms with Gasteiger partial charge in [-0.1, -0.05) is 71.7 Å². The Morgan fingerprint density at radius 2 is 1.57 bits per heavy atom. The molecular weight excluding hydrogens is 440 g/mol. The molecule has 0 saturated heterocycles. The van der Waals surface area contributed by atoms with Gasteiger partial charge < -0.3 is 9.69 Å². The van der Waals surface area contributed by atoms with E-state index in [1.165, 1.54) is 29.7 Å². The first-order valence-corrected chi connectivity index (χ1v) is 13.0. The largest absolute Gasteiger partial charge is 0.371 e. The van der Waals surface area contributed by atoms with E-state index in [0.717, 1.165) is 48.8 Å². The minimum absolute atomic E-state index is 0.0437. The van der Waals surface area contributed by atoms with Crippen LogP contribution in [0.3, 0.4) is 0 Å². The van der Waals surface area contributed by atoms with Gasteiger partial charge in [-0.25, -0.2) is 8.78 Å². The highest BCUT2D eigenvalue weighted by Crippen LogP contribution is 2.26. The van der Waals surface area contributed by atoms with E-state index in [1.54, 1.807) is 6.07 Å². The highest BCUT2D eigenvalue weighted by atomic mass is 19.2. The van der Waals surface area contributed by atoms with Crippen molar-refractivity contribution in [2.24, 2.45) is 5.92 Å². The molecular formula is C31H47F2NO. The predicted octanol–water partition coefficient (Wildman–Crippen LogP) is 9.45. The summed E-state index contributed by atoms with van der Waals surface area (Å²) in [4.78, 5) is 12.2. The fraction of sp³-hybridized carbons (Fsp3) is 0.516. The van der Waals surface area contributed by atoms with Gasteiger partial charge in [0.25, 0.3) is 0 Å². The topological polar surface area (TPSA) is 20.3 Å². The average molecular weight is 488 g/mol. The van der Waals surface area contributed by atoms with Gasteiger partial charge in [-0.3, -0.25) is 0 Å². The second-order valence-electron chi connectivity index (χ2n) is 9.09. The number of carbonyl (C=O) groups excluding carboxylic acids is 1. The van der Waals surface area contributed by atoms with Crippen LogP contribution < -0.4 is 0 Å². The third-order valence-electron chi connectivity index (χ3n) is 6.06. The predicted molar refractivity (Wildman–Crippen MR) is 147 cm³/mol. The molecule has 0 aliphatic heterocycles. The lowest BCUT2D eigenvalue weighted by Crippen LogP contribution is -2.21. The lowest BCUT2D eigenvalue weighted by Gasteiger charge is -2.29. The molecule has 2 aromatic carbocycles. The molecule has 0 radical (unpaired) electrons. The number of nitrogens with zero attached hydrogens (tertiary/aromatic N) is 1. The van der Waals surface area contributed by atoms with E-state index in [-0.39, 0.29) is 6.04 Å². The number of benzene rings is 2. The van der Waals surface area contributed by atoms with Gasteiger partial charge in [0.1, 0.15) is 6.29 Å². The van der Waals surface area contributed by atoms with Crippen LogP contribution in [0.1, 0.15) is 102 Å². The van der Waals surface area contributed by atoms with Gasteiger partial charge in [0.15, 0.2) is 11.6 Å². The molecule has 0 N–H and O–H groups in total. The molecule has 4 heteroatoms. The van der Waals surface area contributed by atoms with Crippen LogP contribution in [0.2, 0.25) is 0 Å². The Morgan fingerprint density at radius 1 is 0.943 bits per heavy atom. The van der Waals surface area contributed by atoms with Gasteiger partial charge >= 0.3 is 0 Å². The maximum absolute atomic E-state index is 13.5. The van der Waals surface area contributed by atoms with Crippen LogP contribution in [0, 0.1) is 31.4 Å². The summed E-state index contributed by atoms with van der Waals surface area (Å²) in [7, 11) is 1.99. The van der Waals surface area contributed by atoms with E-state index in [1.807, 2.05) is 14.0 Å². The maximum Gasteiger partial charge on any atom is 0.159 e. The summed E-state index contributed by atoms with van der Waals surface area (Å²) in [6.07, 6.45) is 8.50. The molecule has 0 spiro atoms.